The third-order valence-corrected chi connectivity index (χ3v) is 6.16. The van der Waals surface area contributed by atoms with Crippen molar-refractivity contribution in [2.45, 2.75) is 72.6 Å². The molecule has 29 heavy (non-hydrogen) atoms. The Morgan fingerprint density at radius 3 is 2.55 bits per heavy atom. The summed E-state index contributed by atoms with van der Waals surface area (Å²) in [6, 6.07) is 3.14. The molecule has 2 atom stereocenters. The second-order valence-corrected chi connectivity index (χ2v) is 8.28. The van der Waals surface area contributed by atoms with E-state index in [4.69, 9.17) is 0 Å². The quantitative estimate of drug-likeness (QED) is 0.385. The Morgan fingerprint density at radius 2 is 1.97 bits per heavy atom. The van der Waals surface area contributed by atoms with Gasteiger partial charge in [-0.2, -0.15) is 0 Å². The zero-order valence-corrected chi connectivity index (χ0v) is 18.1. The number of ketones is 1. The van der Waals surface area contributed by atoms with Gasteiger partial charge in [-0.3, -0.25) is 4.79 Å². The number of benzene rings is 1. The second kappa shape index (κ2) is 10.4. The standard InChI is InChI=1S/C25H34O4/c1-5-16(3)9-7-8-10-20-22(17(4)26)14-19(27)15-23(20)21-12-11-18(6-2)13-24(21)25(28)29/h7-8,14-16,18,27H,5-6,9-13H2,1-4H3,(H,28,29)/b8-7-. The Balaban J connectivity index is 2.55. The monoisotopic (exact) mass is 398 g/mol. The first-order chi connectivity index (χ1) is 13.8. The van der Waals surface area contributed by atoms with Crippen LogP contribution < -0.4 is 0 Å². The summed E-state index contributed by atoms with van der Waals surface area (Å²) in [4.78, 5) is 24.3. The van der Waals surface area contributed by atoms with Crippen molar-refractivity contribution in [3.8, 4) is 5.75 Å². The van der Waals surface area contributed by atoms with E-state index in [-0.39, 0.29) is 11.5 Å². The number of aromatic hydroxyl groups is 1. The molecule has 0 saturated carbocycles. The SMILES string of the molecule is CCC(C)C/C=C\Cc1c(C(C)=O)cc(O)cc1C1=C(C(=O)O)CC(CC)CC1. The zero-order chi connectivity index (χ0) is 21.6. The number of aliphatic carboxylic acids is 1. The fourth-order valence-corrected chi connectivity index (χ4v) is 4.03. The first-order valence-electron chi connectivity index (χ1n) is 10.8. The molecule has 1 aromatic rings. The lowest BCUT2D eigenvalue weighted by molar-refractivity contribution is -0.132. The Hall–Kier alpha value is -2.36. The molecule has 4 heteroatoms. The van der Waals surface area contributed by atoms with Crippen LogP contribution in [0.5, 0.6) is 5.75 Å². The maximum Gasteiger partial charge on any atom is 0.331 e. The van der Waals surface area contributed by atoms with E-state index in [1.165, 1.54) is 13.0 Å². The maximum absolute atomic E-state index is 12.3. The van der Waals surface area contributed by atoms with Gasteiger partial charge in [0.1, 0.15) is 5.75 Å². The van der Waals surface area contributed by atoms with Gasteiger partial charge < -0.3 is 10.2 Å². The maximum atomic E-state index is 12.3. The Bertz CT molecular complexity index is 816. The number of hydrogen-bond donors (Lipinski definition) is 2. The van der Waals surface area contributed by atoms with Gasteiger partial charge in [-0.25, -0.2) is 4.79 Å². The molecule has 0 amide bonds. The van der Waals surface area contributed by atoms with Crippen molar-refractivity contribution in [2.75, 3.05) is 0 Å². The van der Waals surface area contributed by atoms with Crippen molar-refractivity contribution in [1.82, 2.24) is 0 Å². The van der Waals surface area contributed by atoms with Crippen molar-refractivity contribution >= 4 is 17.3 Å². The van der Waals surface area contributed by atoms with E-state index in [0.717, 1.165) is 42.4 Å². The highest BCUT2D eigenvalue weighted by molar-refractivity contribution is 6.01. The predicted octanol–water partition coefficient (Wildman–Crippen LogP) is 6.18. The molecule has 2 rings (SSSR count). The van der Waals surface area contributed by atoms with Crippen LogP contribution >= 0.6 is 0 Å². The van der Waals surface area contributed by atoms with Crippen molar-refractivity contribution in [3.05, 3.63) is 46.5 Å². The van der Waals surface area contributed by atoms with Crippen LogP contribution in [0.15, 0.2) is 29.9 Å². The summed E-state index contributed by atoms with van der Waals surface area (Å²) in [5.41, 5.74) is 3.21. The molecule has 4 nitrogen and oxygen atoms in total. The summed E-state index contributed by atoms with van der Waals surface area (Å²) in [5, 5.41) is 20.1. The minimum Gasteiger partial charge on any atom is -0.508 e. The highest BCUT2D eigenvalue weighted by Crippen LogP contribution is 2.40. The van der Waals surface area contributed by atoms with Gasteiger partial charge in [-0.05, 0) is 79.7 Å². The molecule has 0 radical (unpaired) electrons. The van der Waals surface area contributed by atoms with Gasteiger partial charge in [0.2, 0.25) is 0 Å². The highest BCUT2D eigenvalue weighted by Gasteiger charge is 2.27. The van der Waals surface area contributed by atoms with Crippen LogP contribution in [0.25, 0.3) is 5.57 Å². The Labute approximate surface area is 174 Å². The topological polar surface area (TPSA) is 74.6 Å². The van der Waals surface area contributed by atoms with Gasteiger partial charge >= 0.3 is 5.97 Å². The van der Waals surface area contributed by atoms with Crippen LogP contribution in [0.3, 0.4) is 0 Å². The molecule has 2 N–H and O–H groups in total. The van der Waals surface area contributed by atoms with E-state index in [9.17, 15) is 19.8 Å². The number of carbonyl (C=O) groups is 2. The van der Waals surface area contributed by atoms with Gasteiger partial charge in [0.15, 0.2) is 5.78 Å². The zero-order valence-electron chi connectivity index (χ0n) is 18.1. The van der Waals surface area contributed by atoms with Crippen molar-refractivity contribution < 1.29 is 19.8 Å². The average molecular weight is 399 g/mol. The third kappa shape index (κ3) is 5.81. The number of allylic oxidation sites excluding steroid dienone is 3. The largest absolute Gasteiger partial charge is 0.508 e. The number of Topliss-reactive ketones (excluding diaryl/α,β-unsaturated/α-hetero) is 1. The molecule has 0 heterocycles. The van der Waals surface area contributed by atoms with Crippen molar-refractivity contribution in [3.63, 3.8) is 0 Å². The third-order valence-electron chi connectivity index (χ3n) is 6.16. The average Bonchev–Trinajstić information content (AvgIpc) is 2.70. The van der Waals surface area contributed by atoms with Crippen LogP contribution in [0, 0.1) is 11.8 Å². The lowest BCUT2D eigenvalue weighted by Crippen LogP contribution is -2.16. The van der Waals surface area contributed by atoms with Crippen LogP contribution in [-0.4, -0.2) is 22.0 Å². The number of carboxylic acids is 1. The minimum atomic E-state index is -0.899. The molecule has 2 unspecified atom stereocenters. The fraction of sp³-hybridized carbons (Fsp3) is 0.520. The number of rotatable bonds is 9. The molecule has 158 valence electrons. The van der Waals surface area contributed by atoms with Crippen molar-refractivity contribution in [2.24, 2.45) is 11.8 Å². The molecule has 0 aromatic heterocycles. The molecule has 1 aromatic carbocycles. The van der Waals surface area contributed by atoms with Crippen LogP contribution in [0.4, 0.5) is 0 Å². The summed E-state index contributed by atoms with van der Waals surface area (Å²) < 4.78 is 0. The van der Waals surface area contributed by atoms with Crippen LogP contribution in [0.1, 0.15) is 87.7 Å². The van der Waals surface area contributed by atoms with E-state index in [1.807, 2.05) is 0 Å². The molecular weight excluding hydrogens is 364 g/mol. The second-order valence-electron chi connectivity index (χ2n) is 8.28. The molecular formula is C25H34O4. The molecule has 0 spiro atoms. The van der Waals surface area contributed by atoms with Gasteiger partial charge in [-0.1, -0.05) is 45.8 Å². The molecule has 1 aliphatic rings. The van der Waals surface area contributed by atoms with Crippen LogP contribution in [0.2, 0.25) is 0 Å². The summed E-state index contributed by atoms with van der Waals surface area (Å²) in [6.07, 6.45) is 9.91. The van der Waals surface area contributed by atoms with Gasteiger partial charge in [0.25, 0.3) is 0 Å². The van der Waals surface area contributed by atoms with E-state index in [1.54, 1.807) is 6.07 Å². The molecule has 0 bridgehead atoms. The first-order valence-corrected chi connectivity index (χ1v) is 10.8. The number of hydrogen-bond acceptors (Lipinski definition) is 3. The first kappa shape index (κ1) is 22.9. The van der Waals surface area contributed by atoms with E-state index >= 15 is 0 Å². The lowest BCUT2D eigenvalue weighted by Gasteiger charge is -2.26. The smallest absolute Gasteiger partial charge is 0.331 e. The summed E-state index contributed by atoms with van der Waals surface area (Å²) >= 11 is 0. The fourth-order valence-electron chi connectivity index (χ4n) is 4.03. The predicted molar refractivity (Wildman–Crippen MR) is 117 cm³/mol. The van der Waals surface area contributed by atoms with E-state index < -0.39 is 5.97 Å². The highest BCUT2D eigenvalue weighted by atomic mass is 16.4. The Morgan fingerprint density at radius 1 is 1.24 bits per heavy atom. The molecule has 0 aliphatic heterocycles. The van der Waals surface area contributed by atoms with Crippen molar-refractivity contribution in [1.29, 1.82) is 0 Å². The normalized spacial score (nSPS) is 18.3. The number of carboxylic acid groups (broad SMARTS) is 1. The van der Waals surface area contributed by atoms with Gasteiger partial charge in [-0.15, -0.1) is 0 Å². The van der Waals surface area contributed by atoms with E-state index in [2.05, 4.69) is 32.9 Å². The van der Waals surface area contributed by atoms with Gasteiger partial charge in [0.05, 0.1) is 0 Å². The minimum absolute atomic E-state index is 0.00684. The summed E-state index contributed by atoms with van der Waals surface area (Å²) in [6.45, 7) is 7.95. The molecule has 0 fully saturated rings. The summed E-state index contributed by atoms with van der Waals surface area (Å²) in [5.74, 6) is -0.0412. The van der Waals surface area contributed by atoms with E-state index in [0.29, 0.717) is 42.2 Å². The summed E-state index contributed by atoms with van der Waals surface area (Å²) in [7, 11) is 0. The number of carbonyl (C=O) groups excluding carboxylic acids is 1. The molecule has 0 saturated heterocycles. The molecule has 1 aliphatic carbocycles. The number of phenolic OH excluding ortho intramolecular Hbond substituents is 1. The lowest BCUT2D eigenvalue weighted by atomic mass is 9.78. The van der Waals surface area contributed by atoms with Crippen LogP contribution in [-0.2, 0) is 11.2 Å². The number of phenols is 1. The Kier molecular flexibility index (Phi) is 8.24. The van der Waals surface area contributed by atoms with Gasteiger partial charge in [0, 0.05) is 11.1 Å².